The first-order valence-electron chi connectivity index (χ1n) is 5.88. The highest BCUT2D eigenvalue weighted by Crippen LogP contribution is 2.14. The molecule has 0 atom stereocenters. The molecule has 0 aliphatic carbocycles. The van der Waals surface area contributed by atoms with Crippen LogP contribution in [-0.4, -0.2) is 22.4 Å². The van der Waals surface area contributed by atoms with Crippen LogP contribution in [0.3, 0.4) is 0 Å². The smallest absolute Gasteiger partial charge is 0.152 e. The van der Waals surface area contributed by atoms with Crippen molar-refractivity contribution in [2.75, 3.05) is 7.11 Å². The second kappa shape index (κ2) is 6.00. The Bertz CT molecular complexity index is 506. The van der Waals surface area contributed by atoms with Crippen LogP contribution in [0.5, 0.6) is 5.75 Å². The maximum Gasteiger partial charge on any atom is 0.152 e. The van der Waals surface area contributed by atoms with Crippen molar-refractivity contribution in [2.45, 2.75) is 19.4 Å². The number of hydrogen-bond acceptors (Lipinski definition) is 3. The van der Waals surface area contributed by atoms with Gasteiger partial charge < -0.3 is 9.30 Å². The normalized spacial score (nSPS) is 10.3. The molecule has 1 aromatic carbocycles. The van der Waals surface area contributed by atoms with Gasteiger partial charge in [0.15, 0.2) is 5.78 Å². The molecule has 0 bridgehead atoms. The molecule has 18 heavy (non-hydrogen) atoms. The summed E-state index contributed by atoms with van der Waals surface area (Å²) in [7, 11) is 1.64. The molecule has 0 N–H and O–H groups in total. The van der Waals surface area contributed by atoms with E-state index < -0.39 is 0 Å². The monoisotopic (exact) mass is 244 g/mol. The van der Waals surface area contributed by atoms with Crippen molar-refractivity contribution in [3.8, 4) is 5.75 Å². The quantitative estimate of drug-likeness (QED) is 0.781. The SMILES string of the molecule is COc1cccc(CCC(=O)Cn2ccnc2)c1. The van der Waals surface area contributed by atoms with Crippen molar-refractivity contribution in [3.05, 3.63) is 48.5 Å². The topological polar surface area (TPSA) is 44.1 Å². The van der Waals surface area contributed by atoms with Gasteiger partial charge in [-0.05, 0) is 24.1 Å². The van der Waals surface area contributed by atoms with E-state index in [1.165, 1.54) is 0 Å². The fraction of sp³-hybridized carbons (Fsp3) is 0.286. The second-order valence-corrected chi connectivity index (χ2v) is 4.13. The van der Waals surface area contributed by atoms with E-state index in [2.05, 4.69) is 4.98 Å². The maximum absolute atomic E-state index is 11.8. The number of hydrogen-bond donors (Lipinski definition) is 0. The number of ketones is 1. The van der Waals surface area contributed by atoms with Crippen molar-refractivity contribution in [3.63, 3.8) is 0 Å². The molecule has 1 heterocycles. The summed E-state index contributed by atoms with van der Waals surface area (Å²) in [6.07, 6.45) is 6.40. The van der Waals surface area contributed by atoms with E-state index >= 15 is 0 Å². The summed E-state index contributed by atoms with van der Waals surface area (Å²) in [6.45, 7) is 0.393. The Hall–Kier alpha value is -2.10. The second-order valence-electron chi connectivity index (χ2n) is 4.13. The van der Waals surface area contributed by atoms with Gasteiger partial charge in [0.25, 0.3) is 0 Å². The molecule has 2 aromatic rings. The first-order chi connectivity index (χ1) is 8.78. The van der Waals surface area contributed by atoms with Gasteiger partial charge in [0.1, 0.15) is 5.75 Å². The standard InChI is InChI=1S/C14H16N2O2/c1-18-14-4-2-3-12(9-14)5-6-13(17)10-16-8-7-15-11-16/h2-4,7-9,11H,5-6,10H2,1H3. The Labute approximate surface area is 106 Å². The molecule has 2 rings (SSSR count). The number of carbonyl (C=O) groups is 1. The molecule has 0 saturated heterocycles. The summed E-state index contributed by atoms with van der Waals surface area (Å²) >= 11 is 0. The molecular weight excluding hydrogens is 228 g/mol. The lowest BCUT2D eigenvalue weighted by molar-refractivity contribution is -0.119. The summed E-state index contributed by atoms with van der Waals surface area (Å²) in [5, 5.41) is 0. The Morgan fingerprint density at radius 2 is 2.33 bits per heavy atom. The molecule has 94 valence electrons. The number of imidazole rings is 1. The van der Waals surface area contributed by atoms with Crippen molar-refractivity contribution in [1.82, 2.24) is 9.55 Å². The van der Waals surface area contributed by atoms with Gasteiger partial charge in [-0.1, -0.05) is 12.1 Å². The van der Waals surface area contributed by atoms with Gasteiger partial charge in [0, 0.05) is 18.8 Å². The van der Waals surface area contributed by atoms with E-state index in [4.69, 9.17) is 4.74 Å². The van der Waals surface area contributed by atoms with E-state index in [0.717, 1.165) is 17.7 Å². The molecule has 0 amide bonds. The fourth-order valence-electron chi connectivity index (χ4n) is 1.77. The molecule has 0 spiro atoms. The van der Waals surface area contributed by atoms with Crippen molar-refractivity contribution in [2.24, 2.45) is 0 Å². The zero-order valence-electron chi connectivity index (χ0n) is 10.4. The van der Waals surface area contributed by atoms with E-state index in [9.17, 15) is 4.79 Å². The third kappa shape index (κ3) is 3.45. The molecule has 4 nitrogen and oxygen atoms in total. The highest BCUT2D eigenvalue weighted by atomic mass is 16.5. The third-order valence-corrected chi connectivity index (χ3v) is 2.74. The average Bonchev–Trinajstić information content (AvgIpc) is 2.89. The van der Waals surface area contributed by atoms with Crippen LogP contribution < -0.4 is 4.74 Å². The van der Waals surface area contributed by atoms with Crippen LogP contribution in [0.1, 0.15) is 12.0 Å². The summed E-state index contributed by atoms with van der Waals surface area (Å²) in [4.78, 5) is 15.7. The fourth-order valence-corrected chi connectivity index (χ4v) is 1.77. The lowest BCUT2D eigenvalue weighted by Gasteiger charge is -2.04. The van der Waals surface area contributed by atoms with Gasteiger partial charge in [0.2, 0.25) is 0 Å². The molecule has 0 saturated carbocycles. The largest absolute Gasteiger partial charge is 0.497 e. The van der Waals surface area contributed by atoms with E-state index in [1.807, 2.05) is 24.3 Å². The van der Waals surface area contributed by atoms with E-state index in [0.29, 0.717) is 13.0 Å². The van der Waals surface area contributed by atoms with Crippen molar-refractivity contribution in [1.29, 1.82) is 0 Å². The van der Waals surface area contributed by atoms with Crippen LogP contribution in [-0.2, 0) is 17.8 Å². The summed E-state index contributed by atoms with van der Waals surface area (Å²) in [5.74, 6) is 1.03. The van der Waals surface area contributed by atoms with Crippen LogP contribution in [0.25, 0.3) is 0 Å². The maximum atomic E-state index is 11.8. The lowest BCUT2D eigenvalue weighted by Crippen LogP contribution is -2.09. The Morgan fingerprint density at radius 1 is 1.44 bits per heavy atom. The third-order valence-electron chi connectivity index (χ3n) is 2.74. The molecule has 0 unspecified atom stereocenters. The number of Topliss-reactive ketones (excluding diaryl/α,β-unsaturated/α-hetero) is 1. The molecule has 0 radical (unpaired) electrons. The van der Waals surface area contributed by atoms with Gasteiger partial charge in [-0.25, -0.2) is 4.98 Å². The first-order valence-corrected chi connectivity index (χ1v) is 5.88. The van der Waals surface area contributed by atoms with E-state index in [-0.39, 0.29) is 5.78 Å². The number of rotatable bonds is 6. The molecule has 0 fully saturated rings. The van der Waals surface area contributed by atoms with Crippen LogP contribution in [0.2, 0.25) is 0 Å². The molecule has 0 aliphatic heterocycles. The van der Waals surface area contributed by atoms with Gasteiger partial charge >= 0.3 is 0 Å². The Kier molecular flexibility index (Phi) is 4.12. The molecular formula is C14H16N2O2. The predicted molar refractivity (Wildman–Crippen MR) is 68.5 cm³/mol. The predicted octanol–water partition coefficient (Wildman–Crippen LogP) is 2.09. The van der Waals surface area contributed by atoms with Crippen LogP contribution in [0.4, 0.5) is 0 Å². The molecule has 0 aliphatic rings. The average molecular weight is 244 g/mol. The van der Waals surface area contributed by atoms with Gasteiger partial charge in [-0.3, -0.25) is 4.79 Å². The minimum Gasteiger partial charge on any atom is -0.497 e. The number of aromatic nitrogens is 2. The summed E-state index contributed by atoms with van der Waals surface area (Å²) in [5.41, 5.74) is 1.12. The molecule has 4 heteroatoms. The highest BCUT2D eigenvalue weighted by molar-refractivity contribution is 5.78. The van der Waals surface area contributed by atoms with E-state index in [1.54, 1.807) is 30.4 Å². The van der Waals surface area contributed by atoms with Crippen molar-refractivity contribution < 1.29 is 9.53 Å². The lowest BCUT2D eigenvalue weighted by atomic mass is 10.1. The number of benzene rings is 1. The number of methoxy groups -OCH3 is 1. The van der Waals surface area contributed by atoms with Gasteiger partial charge in [-0.2, -0.15) is 0 Å². The van der Waals surface area contributed by atoms with Crippen LogP contribution in [0, 0.1) is 0 Å². The van der Waals surface area contributed by atoms with Crippen LogP contribution in [0.15, 0.2) is 43.0 Å². The van der Waals surface area contributed by atoms with Gasteiger partial charge in [0.05, 0.1) is 20.0 Å². The molecule has 1 aromatic heterocycles. The van der Waals surface area contributed by atoms with Crippen LogP contribution >= 0.6 is 0 Å². The summed E-state index contributed by atoms with van der Waals surface area (Å²) in [6, 6.07) is 7.81. The number of ether oxygens (including phenoxy) is 1. The first kappa shape index (κ1) is 12.4. The Balaban J connectivity index is 1.85. The van der Waals surface area contributed by atoms with Gasteiger partial charge in [-0.15, -0.1) is 0 Å². The highest BCUT2D eigenvalue weighted by Gasteiger charge is 2.04. The summed E-state index contributed by atoms with van der Waals surface area (Å²) < 4.78 is 6.94. The minimum absolute atomic E-state index is 0.204. The minimum atomic E-state index is 0.204. The number of nitrogens with zero attached hydrogens (tertiary/aromatic N) is 2. The Morgan fingerprint density at radius 3 is 3.06 bits per heavy atom. The zero-order chi connectivity index (χ0) is 12.8. The zero-order valence-corrected chi connectivity index (χ0v) is 10.4. The number of carbonyl (C=O) groups excluding carboxylic acids is 1. The van der Waals surface area contributed by atoms with Crippen molar-refractivity contribution >= 4 is 5.78 Å². The number of aryl methyl sites for hydroxylation is 1.